The van der Waals surface area contributed by atoms with Crippen LogP contribution in [0.4, 0.5) is 8.78 Å². The number of carboxylic acids is 1. The van der Waals surface area contributed by atoms with E-state index in [1.54, 1.807) is 12.3 Å². The summed E-state index contributed by atoms with van der Waals surface area (Å²) in [4.78, 5) is 24.8. The lowest BCUT2D eigenvalue weighted by atomic mass is 9.94. The fraction of sp³-hybridized carbons (Fsp3) is 0.353. The third kappa shape index (κ3) is 3.84. The van der Waals surface area contributed by atoms with Crippen molar-refractivity contribution < 1.29 is 23.5 Å². The molecule has 25 heavy (non-hydrogen) atoms. The van der Waals surface area contributed by atoms with Crippen molar-refractivity contribution in [3.63, 3.8) is 0 Å². The van der Waals surface area contributed by atoms with Crippen LogP contribution in [0.2, 0.25) is 0 Å². The normalized spacial score (nSPS) is 17.5. The van der Waals surface area contributed by atoms with E-state index in [0.29, 0.717) is 24.8 Å². The van der Waals surface area contributed by atoms with Gasteiger partial charge in [0.25, 0.3) is 5.91 Å². The van der Waals surface area contributed by atoms with Gasteiger partial charge in [0.15, 0.2) is 0 Å². The van der Waals surface area contributed by atoms with E-state index in [1.807, 2.05) is 0 Å². The van der Waals surface area contributed by atoms with E-state index in [0.717, 1.165) is 25.0 Å². The average Bonchev–Trinajstić information content (AvgIpc) is 3.02. The van der Waals surface area contributed by atoms with Gasteiger partial charge in [0.2, 0.25) is 0 Å². The first-order valence-electron chi connectivity index (χ1n) is 7.93. The van der Waals surface area contributed by atoms with Crippen LogP contribution < -0.4 is 0 Å². The van der Waals surface area contributed by atoms with Crippen LogP contribution in [0.25, 0.3) is 0 Å². The van der Waals surface area contributed by atoms with Gasteiger partial charge in [-0.05, 0) is 31.0 Å². The molecule has 2 heterocycles. The Hall–Kier alpha value is -2.77. The van der Waals surface area contributed by atoms with Crippen molar-refractivity contribution in [1.29, 1.82) is 0 Å². The van der Waals surface area contributed by atoms with Gasteiger partial charge < -0.3 is 10.0 Å². The van der Waals surface area contributed by atoms with E-state index in [4.69, 9.17) is 5.11 Å². The maximum absolute atomic E-state index is 13.8. The molecule has 1 aromatic heterocycles. The number of aliphatic carboxylic acids is 1. The summed E-state index contributed by atoms with van der Waals surface area (Å²) in [5.41, 5.74) is 0.553. The highest BCUT2D eigenvalue weighted by Crippen LogP contribution is 2.27. The highest BCUT2D eigenvalue weighted by molar-refractivity contribution is 5.94. The molecule has 1 fully saturated rings. The number of halogens is 2. The Morgan fingerprint density at radius 3 is 2.80 bits per heavy atom. The molecule has 6 nitrogen and oxygen atoms in total. The number of amides is 1. The van der Waals surface area contributed by atoms with E-state index in [2.05, 4.69) is 5.10 Å². The first-order chi connectivity index (χ1) is 11.9. The van der Waals surface area contributed by atoms with E-state index < -0.39 is 23.5 Å². The molecule has 0 spiro atoms. The van der Waals surface area contributed by atoms with Crippen molar-refractivity contribution in [3.05, 3.63) is 53.4 Å². The third-order valence-corrected chi connectivity index (χ3v) is 4.25. The Morgan fingerprint density at radius 2 is 2.08 bits per heavy atom. The van der Waals surface area contributed by atoms with Crippen LogP contribution in [-0.2, 0) is 11.3 Å². The molecule has 8 heteroatoms. The molecule has 0 saturated carbocycles. The molecule has 1 aliphatic heterocycles. The Kier molecular flexibility index (Phi) is 4.78. The van der Waals surface area contributed by atoms with Gasteiger partial charge in [-0.1, -0.05) is 0 Å². The smallest absolute Gasteiger partial charge is 0.325 e. The molecule has 132 valence electrons. The zero-order chi connectivity index (χ0) is 18.0. The fourth-order valence-electron chi connectivity index (χ4n) is 3.06. The van der Waals surface area contributed by atoms with Gasteiger partial charge in [0, 0.05) is 31.3 Å². The van der Waals surface area contributed by atoms with Gasteiger partial charge in [-0.25, -0.2) is 8.78 Å². The van der Waals surface area contributed by atoms with Gasteiger partial charge in [-0.2, -0.15) is 5.10 Å². The third-order valence-electron chi connectivity index (χ3n) is 4.25. The maximum atomic E-state index is 13.8. The summed E-state index contributed by atoms with van der Waals surface area (Å²) in [6, 6.07) is 4.64. The van der Waals surface area contributed by atoms with E-state index in [-0.39, 0.29) is 18.0 Å². The second-order valence-electron chi connectivity index (χ2n) is 6.05. The number of carboxylic acid groups (broad SMARTS) is 1. The van der Waals surface area contributed by atoms with Crippen LogP contribution in [0.3, 0.4) is 0 Å². The highest BCUT2D eigenvalue weighted by atomic mass is 19.1. The minimum absolute atomic E-state index is 0.0451. The number of likely N-dealkylation sites (tertiary alicyclic amines) is 1. The summed E-state index contributed by atoms with van der Waals surface area (Å²) >= 11 is 0. The summed E-state index contributed by atoms with van der Waals surface area (Å²) in [5.74, 6) is -3.11. The Balaban J connectivity index is 1.73. The molecule has 1 aliphatic rings. The molecule has 1 saturated heterocycles. The number of aromatic nitrogens is 2. The number of piperidine rings is 1. The summed E-state index contributed by atoms with van der Waals surface area (Å²) in [5, 5.41) is 13.0. The van der Waals surface area contributed by atoms with E-state index in [1.165, 1.54) is 9.58 Å². The number of hydrogen-bond donors (Lipinski definition) is 1. The molecular formula is C17H17F2N3O3. The van der Waals surface area contributed by atoms with Crippen LogP contribution in [0.1, 0.15) is 34.8 Å². The molecule has 0 radical (unpaired) electrons. The Morgan fingerprint density at radius 1 is 1.28 bits per heavy atom. The van der Waals surface area contributed by atoms with Gasteiger partial charge in [-0.15, -0.1) is 0 Å². The van der Waals surface area contributed by atoms with E-state index in [9.17, 15) is 18.4 Å². The Labute approximate surface area is 142 Å². The Bertz CT molecular complexity index is 806. The van der Waals surface area contributed by atoms with Crippen molar-refractivity contribution in [1.82, 2.24) is 14.7 Å². The zero-order valence-corrected chi connectivity index (χ0v) is 13.4. The van der Waals surface area contributed by atoms with Crippen LogP contribution in [0.15, 0.2) is 30.5 Å². The SMILES string of the molecule is O=C(O)Cn1ccc(C2CCCN(C(=O)c3ccc(F)cc3F)C2)n1. The van der Waals surface area contributed by atoms with Crippen molar-refractivity contribution in [3.8, 4) is 0 Å². The summed E-state index contributed by atoms with van der Waals surface area (Å²) in [7, 11) is 0. The highest BCUT2D eigenvalue weighted by Gasteiger charge is 2.28. The minimum atomic E-state index is -0.984. The molecule has 3 rings (SSSR count). The lowest BCUT2D eigenvalue weighted by Crippen LogP contribution is -2.39. The second kappa shape index (κ2) is 7.00. The lowest BCUT2D eigenvalue weighted by molar-refractivity contribution is -0.137. The molecule has 1 amide bonds. The standard InChI is InChI=1S/C17H17F2N3O3/c18-12-3-4-13(14(19)8-12)17(25)21-6-1-2-11(9-21)15-5-7-22(20-15)10-16(23)24/h3-5,7-8,11H,1-2,6,9-10H2,(H,23,24). The van der Waals surface area contributed by atoms with Crippen LogP contribution in [-0.4, -0.2) is 44.8 Å². The van der Waals surface area contributed by atoms with Crippen molar-refractivity contribution in [2.75, 3.05) is 13.1 Å². The number of carbonyl (C=O) groups excluding carboxylic acids is 1. The van der Waals surface area contributed by atoms with Crippen molar-refractivity contribution in [2.24, 2.45) is 0 Å². The fourth-order valence-corrected chi connectivity index (χ4v) is 3.06. The first kappa shape index (κ1) is 17.1. The molecule has 2 aromatic rings. The van der Waals surface area contributed by atoms with Gasteiger partial charge in [0.05, 0.1) is 11.3 Å². The average molecular weight is 349 g/mol. The topological polar surface area (TPSA) is 75.4 Å². The van der Waals surface area contributed by atoms with Crippen molar-refractivity contribution in [2.45, 2.75) is 25.3 Å². The molecule has 1 N–H and O–H groups in total. The first-order valence-corrected chi connectivity index (χ1v) is 7.93. The predicted molar refractivity (Wildman–Crippen MR) is 84.1 cm³/mol. The van der Waals surface area contributed by atoms with Gasteiger partial charge >= 0.3 is 5.97 Å². The lowest BCUT2D eigenvalue weighted by Gasteiger charge is -2.32. The molecule has 1 unspecified atom stereocenters. The molecule has 1 atom stereocenters. The monoisotopic (exact) mass is 349 g/mol. The van der Waals surface area contributed by atoms with Crippen LogP contribution in [0, 0.1) is 11.6 Å². The predicted octanol–water partition coefficient (Wildman–Crippen LogP) is 2.27. The second-order valence-corrected chi connectivity index (χ2v) is 6.05. The van der Waals surface area contributed by atoms with Crippen molar-refractivity contribution >= 4 is 11.9 Å². The van der Waals surface area contributed by atoms with E-state index >= 15 is 0 Å². The number of hydrogen-bond acceptors (Lipinski definition) is 3. The van der Waals surface area contributed by atoms with Gasteiger partial charge in [0.1, 0.15) is 18.2 Å². The number of nitrogens with zero attached hydrogens (tertiary/aromatic N) is 3. The maximum Gasteiger partial charge on any atom is 0.325 e. The zero-order valence-electron chi connectivity index (χ0n) is 13.4. The largest absolute Gasteiger partial charge is 0.480 e. The molecule has 0 aliphatic carbocycles. The molecule has 0 bridgehead atoms. The molecular weight excluding hydrogens is 332 g/mol. The van der Waals surface area contributed by atoms with Crippen LogP contribution >= 0.6 is 0 Å². The number of benzene rings is 1. The number of rotatable bonds is 4. The summed E-state index contributed by atoms with van der Waals surface area (Å²) in [6.45, 7) is 0.623. The summed E-state index contributed by atoms with van der Waals surface area (Å²) < 4.78 is 28.2. The quantitative estimate of drug-likeness (QED) is 0.919. The minimum Gasteiger partial charge on any atom is -0.480 e. The number of carbonyl (C=O) groups is 2. The summed E-state index contributed by atoms with van der Waals surface area (Å²) in [6.07, 6.45) is 3.12. The molecule has 1 aromatic carbocycles. The van der Waals surface area contributed by atoms with Crippen LogP contribution in [0.5, 0.6) is 0 Å². The van der Waals surface area contributed by atoms with Gasteiger partial charge in [-0.3, -0.25) is 14.3 Å².